The van der Waals surface area contributed by atoms with Crippen LogP contribution in [0.5, 0.6) is 17.2 Å². The van der Waals surface area contributed by atoms with Gasteiger partial charge in [0.25, 0.3) is 0 Å². The summed E-state index contributed by atoms with van der Waals surface area (Å²) in [6.07, 6.45) is 0.321. The molecule has 26 heavy (non-hydrogen) atoms. The zero-order valence-electron chi connectivity index (χ0n) is 15.1. The van der Waals surface area contributed by atoms with Gasteiger partial charge >= 0.3 is 0 Å². The normalized spacial score (nSPS) is 10.3. The minimum Gasteiger partial charge on any atom is -0.493 e. The van der Waals surface area contributed by atoms with Crippen molar-refractivity contribution in [3.05, 3.63) is 47.0 Å². The van der Waals surface area contributed by atoms with E-state index in [1.807, 2.05) is 24.3 Å². The first-order valence-corrected chi connectivity index (χ1v) is 8.50. The third-order valence-electron chi connectivity index (χ3n) is 3.75. The molecule has 7 heteroatoms. The highest BCUT2D eigenvalue weighted by atomic mass is 35.5. The van der Waals surface area contributed by atoms with E-state index in [1.54, 1.807) is 12.1 Å². The Morgan fingerprint density at radius 1 is 1.04 bits per heavy atom. The molecule has 0 spiro atoms. The molecule has 0 heterocycles. The number of carbonyl (C=O) groups excluding carboxylic acids is 1. The maximum atomic E-state index is 12.2. The molecule has 0 radical (unpaired) electrons. The third kappa shape index (κ3) is 5.28. The first-order valence-electron chi connectivity index (χ1n) is 8.13. The van der Waals surface area contributed by atoms with Crippen LogP contribution in [0.3, 0.4) is 0 Å². The average Bonchev–Trinajstić information content (AvgIpc) is 2.65. The number of halogens is 1. The predicted octanol–water partition coefficient (Wildman–Crippen LogP) is 3.48. The van der Waals surface area contributed by atoms with E-state index in [0.29, 0.717) is 47.5 Å². The minimum atomic E-state index is -0.120. The number of ether oxygens (including phenoxy) is 3. The van der Waals surface area contributed by atoms with Crippen molar-refractivity contribution in [1.82, 2.24) is 5.32 Å². The number of hydrogen-bond donors (Lipinski definition) is 2. The van der Waals surface area contributed by atoms with Crippen molar-refractivity contribution in [2.24, 2.45) is 0 Å². The molecular weight excluding hydrogens is 356 g/mol. The van der Waals surface area contributed by atoms with Crippen LogP contribution < -0.4 is 24.8 Å². The molecule has 0 fully saturated rings. The summed E-state index contributed by atoms with van der Waals surface area (Å²) in [6, 6.07) is 11.0. The van der Waals surface area contributed by atoms with Crippen LogP contribution in [0.4, 0.5) is 5.69 Å². The molecule has 0 saturated heterocycles. The predicted molar refractivity (Wildman–Crippen MR) is 103 cm³/mol. The van der Waals surface area contributed by atoms with E-state index in [0.717, 1.165) is 5.56 Å². The Hall–Kier alpha value is -2.44. The molecule has 0 aliphatic rings. The average molecular weight is 379 g/mol. The fourth-order valence-corrected chi connectivity index (χ4v) is 2.65. The van der Waals surface area contributed by atoms with Crippen LogP contribution in [0.25, 0.3) is 0 Å². The molecule has 2 N–H and O–H groups in total. The standard InChI is InChI=1S/C19H23ClN2O4/c1-24-16-10-14(11-17(25-2)19(16)26-3)22-18(23)8-9-21-12-13-6-4-5-7-15(13)20/h4-7,10-11,21H,8-9,12H2,1-3H3,(H,22,23). The van der Waals surface area contributed by atoms with Gasteiger partial charge in [0.2, 0.25) is 11.7 Å². The number of anilines is 1. The molecule has 0 bridgehead atoms. The zero-order valence-corrected chi connectivity index (χ0v) is 15.9. The van der Waals surface area contributed by atoms with Crippen LogP contribution in [0.15, 0.2) is 36.4 Å². The second-order valence-corrected chi connectivity index (χ2v) is 5.89. The molecule has 0 aliphatic heterocycles. The molecule has 140 valence electrons. The van der Waals surface area contributed by atoms with Crippen molar-refractivity contribution in [3.8, 4) is 17.2 Å². The highest BCUT2D eigenvalue weighted by Crippen LogP contribution is 2.39. The Bertz CT molecular complexity index is 727. The summed E-state index contributed by atoms with van der Waals surface area (Å²) < 4.78 is 15.8. The summed E-state index contributed by atoms with van der Waals surface area (Å²) in [7, 11) is 4.59. The first-order chi connectivity index (χ1) is 12.6. The molecule has 2 aromatic carbocycles. The summed E-state index contributed by atoms with van der Waals surface area (Å²) in [5.41, 5.74) is 1.58. The van der Waals surface area contributed by atoms with E-state index >= 15 is 0 Å². The molecule has 0 unspecified atom stereocenters. The molecule has 0 aliphatic carbocycles. The summed E-state index contributed by atoms with van der Waals surface area (Å²) in [5.74, 6) is 1.33. The van der Waals surface area contributed by atoms with Crippen molar-refractivity contribution in [3.63, 3.8) is 0 Å². The topological polar surface area (TPSA) is 68.8 Å². The van der Waals surface area contributed by atoms with Crippen LogP contribution in [0.2, 0.25) is 5.02 Å². The Labute approximate surface area is 158 Å². The van der Waals surface area contributed by atoms with Crippen LogP contribution in [-0.4, -0.2) is 33.8 Å². The van der Waals surface area contributed by atoms with E-state index < -0.39 is 0 Å². The van der Waals surface area contributed by atoms with Gasteiger partial charge in [0.05, 0.1) is 21.3 Å². The SMILES string of the molecule is COc1cc(NC(=O)CCNCc2ccccc2Cl)cc(OC)c1OC. The molecule has 0 aromatic heterocycles. The van der Waals surface area contributed by atoms with Gasteiger partial charge in [-0.1, -0.05) is 29.8 Å². The van der Waals surface area contributed by atoms with Gasteiger partial charge < -0.3 is 24.8 Å². The summed E-state index contributed by atoms with van der Waals surface area (Å²) in [5, 5.41) is 6.75. The molecule has 1 amide bonds. The Morgan fingerprint density at radius 3 is 2.27 bits per heavy atom. The highest BCUT2D eigenvalue weighted by Gasteiger charge is 2.14. The molecular formula is C19H23ClN2O4. The van der Waals surface area contributed by atoms with Gasteiger partial charge in [0.15, 0.2) is 11.5 Å². The minimum absolute atomic E-state index is 0.120. The van der Waals surface area contributed by atoms with E-state index in [1.165, 1.54) is 21.3 Å². The van der Waals surface area contributed by atoms with Crippen LogP contribution in [0.1, 0.15) is 12.0 Å². The smallest absolute Gasteiger partial charge is 0.225 e. The van der Waals surface area contributed by atoms with Gasteiger partial charge in [-0.3, -0.25) is 4.79 Å². The zero-order chi connectivity index (χ0) is 18.9. The molecule has 0 atom stereocenters. The van der Waals surface area contributed by atoms with E-state index in [-0.39, 0.29) is 5.91 Å². The van der Waals surface area contributed by atoms with Crippen molar-refractivity contribution >= 4 is 23.2 Å². The van der Waals surface area contributed by atoms with Crippen LogP contribution in [-0.2, 0) is 11.3 Å². The molecule has 2 rings (SSSR count). The van der Waals surface area contributed by atoms with E-state index in [4.69, 9.17) is 25.8 Å². The number of methoxy groups -OCH3 is 3. The van der Waals surface area contributed by atoms with E-state index in [2.05, 4.69) is 10.6 Å². The van der Waals surface area contributed by atoms with E-state index in [9.17, 15) is 4.79 Å². The van der Waals surface area contributed by atoms with Gasteiger partial charge in [0, 0.05) is 42.4 Å². The summed E-state index contributed by atoms with van der Waals surface area (Å²) in [6.45, 7) is 1.14. The molecule has 0 saturated carbocycles. The van der Waals surface area contributed by atoms with Gasteiger partial charge in [-0.05, 0) is 11.6 Å². The van der Waals surface area contributed by atoms with Gasteiger partial charge in [-0.15, -0.1) is 0 Å². The number of rotatable bonds is 9. The van der Waals surface area contributed by atoms with Crippen molar-refractivity contribution in [2.45, 2.75) is 13.0 Å². The Balaban J connectivity index is 1.88. The second kappa shape index (κ2) is 9.89. The first kappa shape index (κ1) is 19.9. The van der Waals surface area contributed by atoms with Crippen molar-refractivity contribution < 1.29 is 19.0 Å². The fourth-order valence-electron chi connectivity index (χ4n) is 2.44. The van der Waals surface area contributed by atoms with Crippen molar-refractivity contribution in [1.29, 1.82) is 0 Å². The Morgan fingerprint density at radius 2 is 1.69 bits per heavy atom. The van der Waals surface area contributed by atoms with Crippen molar-refractivity contribution in [2.75, 3.05) is 33.2 Å². The lowest BCUT2D eigenvalue weighted by Gasteiger charge is -2.14. The second-order valence-electron chi connectivity index (χ2n) is 5.48. The maximum Gasteiger partial charge on any atom is 0.225 e. The molecule has 6 nitrogen and oxygen atoms in total. The van der Waals surface area contributed by atoms with Gasteiger partial charge in [-0.2, -0.15) is 0 Å². The highest BCUT2D eigenvalue weighted by molar-refractivity contribution is 6.31. The number of nitrogens with one attached hydrogen (secondary N) is 2. The lowest BCUT2D eigenvalue weighted by Crippen LogP contribution is -2.21. The maximum absolute atomic E-state index is 12.2. The monoisotopic (exact) mass is 378 g/mol. The van der Waals surface area contributed by atoms with Gasteiger partial charge in [0.1, 0.15) is 0 Å². The largest absolute Gasteiger partial charge is 0.493 e. The number of hydrogen-bond acceptors (Lipinski definition) is 5. The number of amides is 1. The Kier molecular flexibility index (Phi) is 7.56. The lowest BCUT2D eigenvalue weighted by molar-refractivity contribution is -0.116. The number of benzene rings is 2. The summed E-state index contributed by atoms with van der Waals surface area (Å²) in [4.78, 5) is 12.2. The lowest BCUT2D eigenvalue weighted by atomic mass is 10.2. The number of carbonyl (C=O) groups is 1. The van der Waals surface area contributed by atoms with Crippen LogP contribution >= 0.6 is 11.6 Å². The molecule has 2 aromatic rings. The summed E-state index contributed by atoms with van der Waals surface area (Å²) >= 11 is 6.10. The fraction of sp³-hybridized carbons (Fsp3) is 0.316. The van der Waals surface area contributed by atoms with Gasteiger partial charge in [-0.25, -0.2) is 0 Å². The third-order valence-corrected chi connectivity index (χ3v) is 4.12. The quantitative estimate of drug-likeness (QED) is 0.654. The van der Waals surface area contributed by atoms with Crippen LogP contribution in [0, 0.1) is 0 Å².